The molecule has 8 aromatic carbocycles. The second-order valence-electron chi connectivity index (χ2n) is 14.4. The topological polar surface area (TPSA) is 61.7 Å². The van der Waals surface area contributed by atoms with Crippen molar-refractivity contribution in [3.8, 4) is 45.5 Å². The largest absolute Gasteiger partial charge is 0.454 e. The number of benzene rings is 8. The molecule has 0 saturated heterocycles. The molecule has 0 unspecified atom stereocenters. The molecule has 0 bridgehead atoms. The Bertz CT molecular complexity index is 3450. The summed E-state index contributed by atoms with van der Waals surface area (Å²) in [5.41, 5.74) is 11.0. The number of aromatic nitrogens is 5. The van der Waals surface area contributed by atoms with Crippen molar-refractivity contribution in [2.75, 3.05) is 0 Å². The first-order valence-electron chi connectivity index (χ1n) is 19.1. The van der Waals surface area contributed by atoms with E-state index in [9.17, 15) is 0 Å². The fraction of sp³-hybridized carbons (Fsp3) is 0. The van der Waals surface area contributed by atoms with Gasteiger partial charge in [0.2, 0.25) is 0 Å². The van der Waals surface area contributed by atoms with Crippen molar-refractivity contribution in [3.05, 3.63) is 188 Å². The molecule has 0 spiro atoms. The zero-order valence-corrected chi connectivity index (χ0v) is 30.5. The van der Waals surface area contributed by atoms with E-state index in [1.54, 1.807) is 0 Å². The molecule has 266 valence electrons. The molecule has 0 fully saturated rings. The quantitative estimate of drug-likeness (QED) is 0.177. The molecule has 0 radical (unpaired) electrons. The van der Waals surface area contributed by atoms with E-state index in [2.05, 4.69) is 130 Å². The molecule has 12 rings (SSSR count). The maximum Gasteiger partial charge on any atom is 0.164 e. The lowest BCUT2D eigenvalue weighted by Gasteiger charge is -2.12. The van der Waals surface area contributed by atoms with Gasteiger partial charge in [-0.25, -0.2) is 15.0 Å². The molecule has 4 heterocycles. The van der Waals surface area contributed by atoms with Crippen molar-refractivity contribution in [1.82, 2.24) is 24.1 Å². The van der Waals surface area contributed by atoms with Gasteiger partial charge in [-0.1, -0.05) is 133 Å². The second kappa shape index (κ2) is 12.3. The molecule has 0 aliphatic heterocycles. The van der Waals surface area contributed by atoms with Crippen LogP contribution >= 0.6 is 0 Å². The summed E-state index contributed by atoms with van der Waals surface area (Å²) >= 11 is 0. The van der Waals surface area contributed by atoms with E-state index in [-0.39, 0.29) is 0 Å². The predicted molar refractivity (Wildman–Crippen MR) is 232 cm³/mol. The van der Waals surface area contributed by atoms with E-state index in [0.29, 0.717) is 17.5 Å². The Balaban J connectivity index is 1.13. The van der Waals surface area contributed by atoms with Crippen LogP contribution in [0, 0.1) is 0 Å². The van der Waals surface area contributed by atoms with Crippen LogP contribution in [0.1, 0.15) is 0 Å². The molecule has 0 N–H and O–H groups in total. The summed E-state index contributed by atoms with van der Waals surface area (Å²) in [5, 5.41) is 6.92. The minimum atomic E-state index is 0.617. The van der Waals surface area contributed by atoms with Gasteiger partial charge in [0.1, 0.15) is 5.58 Å². The van der Waals surface area contributed by atoms with Gasteiger partial charge in [-0.2, -0.15) is 0 Å². The third-order valence-corrected chi connectivity index (χ3v) is 11.1. The number of hydrogen-bond acceptors (Lipinski definition) is 4. The summed E-state index contributed by atoms with van der Waals surface area (Å²) in [4.78, 5) is 15.0. The van der Waals surface area contributed by atoms with E-state index >= 15 is 0 Å². The number of fused-ring (bicyclic) bond motifs is 10. The van der Waals surface area contributed by atoms with Crippen LogP contribution in [-0.2, 0) is 0 Å². The Labute approximate surface area is 326 Å². The summed E-state index contributed by atoms with van der Waals surface area (Å²) < 4.78 is 11.4. The predicted octanol–water partition coefficient (Wildman–Crippen LogP) is 13.0. The summed E-state index contributed by atoms with van der Waals surface area (Å²) in [6.45, 7) is 0. The van der Waals surface area contributed by atoms with Gasteiger partial charge in [-0.15, -0.1) is 0 Å². The Morgan fingerprint density at radius 1 is 0.333 bits per heavy atom. The van der Waals surface area contributed by atoms with E-state index in [1.807, 2.05) is 66.7 Å². The van der Waals surface area contributed by atoms with E-state index in [0.717, 1.165) is 77.5 Å². The minimum Gasteiger partial charge on any atom is -0.454 e. The molecule has 0 aliphatic carbocycles. The fourth-order valence-corrected chi connectivity index (χ4v) is 8.58. The summed E-state index contributed by atoms with van der Waals surface area (Å²) in [7, 11) is 0. The highest BCUT2D eigenvalue weighted by molar-refractivity contribution is 6.24. The van der Waals surface area contributed by atoms with Crippen molar-refractivity contribution >= 4 is 65.6 Å². The zero-order valence-electron chi connectivity index (χ0n) is 30.5. The SMILES string of the molecule is c1ccc(-c2nc(-c3ccccc3)nc(-c3cccc(-n4c5ccccc5c5cc6c7ccc8c9ccccc9oc8c7n(-c7ccccc7)c6cc54)c3)n2)cc1. The highest BCUT2D eigenvalue weighted by Gasteiger charge is 2.22. The van der Waals surface area contributed by atoms with Crippen LogP contribution in [0.25, 0.3) is 111 Å². The molecule has 0 amide bonds. The summed E-state index contributed by atoms with van der Waals surface area (Å²) in [6, 6.07) is 65.5. The molecular weight excluding hydrogens is 699 g/mol. The highest BCUT2D eigenvalue weighted by Crippen LogP contribution is 2.43. The highest BCUT2D eigenvalue weighted by atomic mass is 16.3. The van der Waals surface area contributed by atoms with Gasteiger partial charge >= 0.3 is 0 Å². The van der Waals surface area contributed by atoms with Gasteiger partial charge in [-0.05, 0) is 54.6 Å². The molecule has 6 heteroatoms. The molecule has 0 atom stereocenters. The second-order valence-corrected chi connectivity index (χ2v) is 14.4. The van der Waals surface area contributed by atoms with Gasteiger partial charge < -0.3 is 13.6 Å². The van der Waals surface area contributed by atoms with Crippen LogP contribution in [0.4, 0.5) is 0 Å². The molecule has 57 heavy (non-hydrogen) atoms. The van der Waals surface area contributed by atoms with Crippen LogP contribution in [0.3, 0.4) is 0 Å². The smallest absolute Gasteiger partial charge is 0.164 e. The number of rotatable bonds is 5. The summed E-state index contributed by atoms with van der Waals surface area (Å²) in [6.07, 6.45) is 0. The molecular formula is C51H31N5O. The number of furan rings is 1. The van der Waals surface area contributed by atoms with Crippen LogP contribution < -0.4 is 0 Å². The van der Waals surface area contributed by atoms with E-state index in [4.69, 9.17) is 19.4 Å². The van der Waals surface area contributed by atoms with Gasteiger partial charge in [-0.3, -0.25) is 0 Å². The minimum absolute atomic E-state index is 0.617. The lowest BCUT2D eigenvalue weighted by atomic mass is 10.1. The van der Waals surface area contributed by atoms with Crippen molar-refractivity contribution < 1.29 is 4.42 Å². The Morgan fingerprint density at radius 2 is 0.877 bits per heavy atom. The Hall–Kier alpha value is -7.83. The van der Waals surface area contributed by atoms with Crippen molar-refractivity contribution in [1.29, 1.82) is 0 Å². The fourth-order valence-electron chi connectivity index (χ4n) is 8.58. The average molecular weight is 730 g/mol. The standard InChI is InChI=1S/C51H31N5O/c1-4-15-32(16-5-1)49-52-50(33-17-6-2-7-18-33)54-51(53-49)34-19-14-22-36(29-34)55-43-25-12-10-23-37(43)41-30-42-39-27-28-40-38-24-11-13-26-46(38)57-48(40)47(39)56(45(42)31-44(41)55)35-20-8-3-9-21-35/h1-31H. The van der Waals surface area contributed by atoms with Crippen molar-refractivity contribution in [3.63, 3.8) is 0 Å². The first-order valence-corrected chi connectivity index (χ1v) is 19.1. The maximum absolute atomic E-state index is 6.69. The van der Waals surface area contributed by atoms with Gasteiger partial charge in [0.15, 0.2) is 23.1 Å². The van der Waals surface area contributed by atoms with Crippen LogP contribution in [0.5, 0.6) is 0 Å². The van der Waals surface area contributed by atoms with Crippen LogP contribution in [0.15, 0.2) is 192 Å². The third kappa shape index (κ3) is 4.87. The third-order valence-electron chi connectivity index (χ3n) is 11.1. The average Bonchev–Trinajstić information content (AvgIpc) is 3.94. The maximum atomic E-state index is 6.69. The van der Waals surface area contributed by atoms with Gasteiger partial charge in [0.05, 0.1) is 22.1 Å². The monoisotopic (exact) mass is 729 g/mol. The first kappa shape index (κ1) is 31.5. The Morgan fingerprint density at radius 3 is 1.61 bits per heavy atom. The number of para-hydroxylation sites is 3. The zero-order chi connectivity index (χ0) is 37.5. The molecule has 6 nitrogen and oxygen atoms in total. The van der Waals surface area contributed by atoms with E-state index in [1.165, 1.54) is 16.2 Å². The molecule has 0 aliphatic rings. The lowest BCUT2D eigenvalue weighted by molar-refractivity contribution is 0.671. The molecule has 12 aromatic rings. The van der Waals surface area contributed by atoms with Gasteiger partial charge in [0.25, 0.3) is 0 Å². The van der Waals surface area contributed by atoms with Crippen molar-refractivity contribution in [2.24, 2.45) is 0 Å². The number of hydrogen-bond donors (Lipinski definition) is 0. The van der Waals surface area contributed by atoms with Crippen molar-refractivity contribution in [2.45, 2.75) is 0 Å². The van der Waals surface area contributed by atoms with Crippen LogP contribution in [0.2, 0.25) is 0 Å². The number of nitrogens with zero attached hydrogens (tertiary/aromatic N) is 5. The normalized spacial score (nSPS) is 11.9. The molecule has 0 saturated carbocycles. The summed E-state index contributed by atoms with van der Waals surface area (Å²) in [5.74, 6) is 1.89. The van der Waals surface area contributed by atoms with Crippen LogP contribution in [-0.4, -0.2) is 24.1 Å². The van der Waals surface area contributed by atoms with E-state index < -0.39 is 0 Å². The Kier molecular flexibility index (Phi) is 6.83. The first-order chi connectivity index (χ1) is 28.3. The lowest BCUT2D eigenvalue weighted by Crippen LogP contribution is -2.01. The van der Waals surface area contributed by atoms with Gasteiger partial charge in [0, 0.05) is 60.4 Å². The molecule has 4 aromatic heterocycles.